The molecule has 1 aliphatic heterocycles. The fourth-order valence-electron chi connectivity index (χ4n) is 3.90. The van der Waals surface area contributed by atoms with Crippen LogP contribution in [-0.2, 0) is 13.0 Å². The lowest BCUT2D eigenvalue weighted by atomic mass is 9.98. The lowest BCUT2D eigenvalue weighted by Gasteiger charge is -2.13. The molecule has 2 aliphatic rings. The van der Waals surface area contributed by atoms with E-state index in [1.807, 2.05) is 4.90 Å². The molecule has 0 saturated heterocycles. The molecule has 4 nitrogen and oxygen atoms in total. The van der Waals surface area contributed by atoms with E-state index < -0.39 is 0 Å². The van der Waals surface area contributed by atoms with Crippen molar-refractivity contribution in [1.29, 1.82) is 0 Å². The molecule has 2 heterocycles. The van der Waals surface area contributed by atoms with Gasteiger partial charge in [-0.3, -0.25) is 9.78 Å². The smallest absolute Gasteiger partial charge is 0.258 e. The largest absolute Gasteiger partial charge is 0.398 e. The first kappa shape index (κ1) is 15.3. The number of hydrogen-bond donors (Lipinski definition) is 1. The number of amides is 1. The van der Waals surface area contributed by atoms with Gasteiger partial charge in [0.2, 0.25) is 0 Å². The van der Waals surface area contributed by atoms with Crippen molar-refractivity contribution in [3.63, 3.8) is 0 Å². The summed E-state index contributed by atoms with van der Waals surface area (Å²) in [5.41, 5.74) is 11.1. The molecule has 0 saturated carbocycles. The minimum absolute atomic E-state index is 0.0825. The summed E-state index contributed by atoms with van der Waals surface area (Å²) >= 11 is 0. The first-order valence-corrected chi connectivity index (χ1v) is 8.77. The van der Waals surface area contributed by atoms with Crippen LogP contribution in [0.4, 0.5) is 5.69 Å². The van der Waals surface area contributed by atoms with E-state index in [2.05, 4.69) is 13.8 Å². The normalized spacial score (nSPS) is 19.6. The number of nitrogens with two attached hydrogens (primary N) is 1. The fraction of sp³-hybridized carbons (Fsp3) is 0.667. The van der Waals surface area contributed by atoms with E-state index in [1.165, 1.54) is 31.4 Å². The number of nitrogen functional groups attached to an aromatic ring is 1. The van der Waals surface area contributed by atoms with Gasteiger partial charge >= 0.3 is 0 Å². The summed E-state index contributed by atoms with van der Waals surface area (Å²) in [6, 6.07) is 0. The molecule has 1 aromatic heterocycles. The summed E-state index contributed by atoms with van der Waals surface area (Å²) in [6.07, 6.45) is 8.11. The second-order valence-corrected chi connectivity index (χ2v) is 6.67. The zero-order valence-corrected chi connectivity index (χ0v) is 13.8. The number of unbranched alkanes of at least 4 members (excludes halogenated alkanes) is 2. The number of carbonyl (C=O) groups is 1. The van der Waals surface area contributed by atoms with Gasteiger partial charge in [-0.1, -0.05) is 33.1 Å². The Bertz CT molecular complexity index is 582. The fourth-order valence-corrected chi connectivity index (χ4v) is 3.90. The van der Waals surface area contributed by atoms with Gasteiger partial charge in [0.1, 0.15) is 0 Å². The van der Waals surface area contributed by atoms with Gasteiger partial charge in [-0.25, -0.2) is 0 Å². The number of anilines is 1. The number of fused-ring (bicyclic) bond motifs is 2. The van der Waals surface area contributed by atoms with Gasteiger partial charge in [-0.05, 0) is 31.2 Å². The van der Waals surface area contributed by atoms with Crippen molar-refractivity contribution in [3.8, 4) is 0 Å². The van der Waals surface area contributed by atoms with Crippen molar-refractivity contribution >= 4 is 11.6 Å². The van der Waals surface area contributed by atoms with Gasteiger partial charge in [-0.15, -0.1) is 0 Å². The molecule has 0 bridgehead atoms. The Morgan fingerprint density at radius 3 is 2.82 bits per heavy atom. The van der Waals surface area contributed by atoms with Crippen LogP contribution in [-0.4, -0.2) is 22.3 Å². The van der Waals surface area contributed by atoms with Crippen LogP contribution in [0.1, 0.15) is 85.6 Å². The molecular formula is C18H27N3O. The minimum Gasteiger partial charge on any atom is -0.398 e. The maximum atomic E-state index is 12.5. The van der Waals surface area contributed by atoms with Gasteiger partial charge in [-0.2, -0.15) is 0 Å². The Labute approximate surface area is 133 Å². The highest BCUT2D eigenvalue weighted by molar-refractivity contribution is 6.03. The monoisotopic (exact) mass is 301 g/mol. The summed E-state index contributed by atoms with van der Waals surface area (Å²) in [5.74, 6) is 0.628. The average Bonchev–Trinajstić information content (AvgIpc) is 3.03. The first-order valence-electron chi connectivity index (χ1n) is 8.77. The summed E-state index contributed by atoms with van der Waals surface area (Å²) in [4.78, 5) is 19.3. The molecule has 1 amide bonds. The summed E-state index contributed by atoms with van der Waals surface area (Å²) in [6.45, 7) is 5.76. The maximum absolute atomic E-state index is 12.5. The minimum atomic E-state index is 0.0825. The van der Waals surface area contributed by atoms with Crippen molar-refractivity contribution in [2.24, 2.45) is 0 Å². The highest BCUT2D eigenvalue weighted by atomic mass is 16.2. The van der Waals surface area contributed by atoms with Gasteiger partial charge in [0.05, 0.1) is 23.5 Å². The molecule has 1 aromatic rings. The predicted octanol–water partition coefficient (Wildman–Crippen LogP) is 3.64. The van der Waals surface area contributed by atoms with Crippen molar-refractivity contribution in [2.45, 2.75) is 71.3 Å². The van der Waals surface area contributed by atoms with E-state index in [1.54, 1.807) is 0 Å². The topological polar surface area (TPSA) is 59.2 Å². The molecule has 3 rings (SSSR count). The van der Waals surface area contributed by atoms with Gasteiger partial charge in [0.25, 0.3) is 5.91 Å². The predicted molar refractivity (Wildman–Crippen MR) is 88.9 cm³/mol. The molecule has 1 atom stereocenters. The third-order valence-electron chi connectivity index (χ3n) is 5.07. The zero-order valence-electron chi connectivity index (χ0n) is 13.8. The number of rotatable bonds is 6. The number of aromatic nitrogens is 1. The zero-order chi connectivity index (χ0) is 15.7. The van der Waals surface area contributed by atoms with Crippen molar-refractivity contribution in [2.75, 3.05) is 12.3 Å². The van der Waals surface area contributed by atoms with E-state index in [4.69, 9.17) is 10.7 Å². The Morgan fingerprint density at radius 2 is 2.09 bits per heavy atom. The number of nitrogens with zero attached hydrogens (tertiary/aromatic N) is 2. The molecular weight excluding hydrogens is 274 g/mol. The Hall–Kier alpha value is -1.58. The van der Waals surface area contributed by atoms with Crippen LogP contribution in [0.2, 0.25) is 0 Å². The molecule has 2 N–H and O–H groups in total. The maximum Gasteiger partial charge on any atom is 0.258 e. The van der Waals surface area contributed by atoms with E-state index >= 15 is 0 Å². The van der Waals surface area contributed by atoms with Crippen LogP contribution >= 0.6 is 0 Å². The van der Waals surface area contributed by atoms with Crippen LogP contribution in [0.3, 0.4) is 0 Å². The third kappa shape index (κ3) is 2.49. The molecule has 4 heteroatoms. The van der Waals surface area contributed by atoms with Crippen molar-refractivity contribution in [1.82, 2.24) is 9.88 Å². The number of hydrogen-bond acceptors (Lipinski definition) is 3. The van der Waals surface area contributed by atoms with E-state index in [0.717, 1.165) is 42.8 Å². The van der Waals surface area contributed by atoms with E-state index in [9.17, 15) is 4.79 Å². The number of carbonyl (C=O) groups excluding carboxylic acids is 1. The average molecular weight is 301 g/mol. The highest BCUT2D eigenvalue weighted by Crippen LogP contribution is 2.41. The van der Waals surface area contributed by atoms with Crippen molar-refractivity contribution in [3.05, 3.63) is 22.5 Å². The van der Waals surface area contributed by atoms with Crippen LogP contribution in [0.25, 0.3) is 0 Å². The van der Waals surface area contributed by atoms with Crippen LogP contribution in [0, 0.1) is 0 Å². The lowest BCUT2D eigenvalue weighted by molar-refractivity contribution is 0.0779. The van der Waals surface area contributed by atoms with E-state index in [0.29, 0.717) is 18.0 Å². The van der Waals surface area contributed by atoms with E-state index in [-0.39, 0.29) is 5.91 Å². The SMILES string of the molecule is CCCCCC1CCc2c1nc1c(c2N)C(=O)N(CCC)C1. The summed E-state index contributed by atoms with van der Waals surface area (Å²) in [5, 5.41) is 0. The van der Waals surface area contributed by atoms with Crippen LogP contribution < -0.4 is 5.73 Å². The Kier molecular flexibility index (Phi) is 4.37. The second-order valence-electron chi connectivity index (χ2n) is 6.67. The molecule has 120 valence electrons. The second kappa shape index (κ2) is 6.27. The summed E-state index contributed by atoms with van der Waals surface area (Å²) in [7, 11) is 0. The Balaban J connectivity index is 1.87. The quantitative estimate of drug-likeness (QED) is 0.816. The standard InChI is InChI=1S/C18H27N3O/c1-3-5-6-7-12-8-9-13-16(19)15-14(20-17(12)13)11-21(10-4-2)18(15)22/h12H,3-11H2,1-2H3,(H2,19,20). The summed E-state index contributed by atoms with van der Waals surface area (Å²) < 4.78 is 0. The molecule has 1 aliphatic carbocycles. The highest BCUT2D eigenvalue weighted by Gasteiger charge is 2.36. The van der Waals surface area contributed by atoms with Crippen LogP contribution in [0.15, 0.2) is 0 Å². The molecule has 0 radical (unpaired) electrons. The van der Waals surface area contributed by atoms with Gasteiger partial charge in [0, 0.05) is 18.2 Å². The first-order chi connectivity index (χ1) is 10.7. The third-order valence-corrected chi connectivity index (χ3v) is 5.07. The van der Waals surface area contributed by atoms with Crippen LogP contribution in [0.5, 0.6) is 0 Å². The molecule has 22 heavy (non-hydrogen) atoms. The molecule has 1 unspecified atom stereocenters. The molecule has 0 spiro atoms. The lowest BCUT2D eigenvalue weighted by Crippen LogP contribution is -2.24. The number of pyridine rings is 1. The van der Waals surface area contributed by atoms with Crippen molar-refractivity contribution < 1.29 is 4.79 Å². The van der Waals surface area contributed by atoms with Gasteiger partial charge < -0.3 is 10.6 Å². The molecule has 0 aromatic carbocycles. The molecule has 0 fully saturated rings. The van der Waals surface area contributed by atoms with Gasteiger partial charge in [0.15, 0.2) is 0 Å². The Morgan fingerprint density at radius 1 is 1.27 bits per heavy atom.